The monoisotopic (exact) mass is 234 g/mol. The van der Waals surface area contributed by atoms with Gasteiger partial charge in [-0.2, -0.15) is 0 Å². The largest absolute Gasteiger partial charge is 0.468 e. The van der Waals surface area contributed by atoms with Gasteiger partial charge in [-0.1, -0.05) is 18.2 Å². The van der Waals surface area contributed by atoms with E-state index in [-0.39, 0.29) is 11.9 Å². The Bertz CT molecular complexity index is 459. The van der Waals surface area contributed by atoms with Gasteiger partial charge in [0.2, 0.25) is 5.91 Å². The number of para-hydroxylation sites is 1. The van der Waals surface area contributed by atoms with Crippen molar-refractivity contribution in [2.24, 2.45) is 0 Å². The molecule has 1 aliphatic heterocycles. The predicted octanol–water partition coefficient (Wildman–Crippen LogP) is 0.831. The highest BCUT2D eigenvalue weighted by molar-refractivity contribution is 6.02. The van der Waals surface area contributed by atoms with Crippen molar-refractivity contribution in [2.45, 2.75) is 19.0 Å². The molecule has 90 valence electrons. The van der Waals surface area contributed by atoms with Crippen LogP contribution in [0, 0.1) is 0 Å². The maximum Gasteiger partial charge on any atom is 0.322 e. The SMILES string of the molecule is COC(=O)[C@H](C)NC1C(=O)Nc2ccccc21. The summed E-state index contributed by atoms with van der Waals surface area (Å²) in [6, 6.07) is 6.37. The summed E-state index contributed by atoms with van der Waals surface area (Å²) >= 11 is 0. The van der Waals surface area contributed by atoms with Crippen molar-refractivity contribution in [1.82, 2.24) is 5.32 Å². The highest BCUT2D eigenvalue weighted by Crippen LogP contribution is 2.30. The minimum atomic E-state index is -0.526. The van der Waals surface area contributed by atoms with E-state index in [1.165, 1.54) is 7.11 Å². The lowest BCUT2D eigenvalue weighted by Gasteiger charge is -2.16. The van der Waals surface area contributed by atoms with E-state index in [2.05, 4.69) is 15.4 Å². The molecule has 0 saturated heterocycles. The van der Waals surface area contributed by atoms with E-state index in [0.717, 1.165) is 11.3 Å². The van der Waals surface area contributed by atoms with Crippen LogP contribution >= 0.6 is 0 Å². The Kier molecular flexibility index (Phi) is 3.10. The molecular formula is C12H14N2O3. The number of rotatable bonds is 3. The third-order valence-corrected chi connectivity index (χ3v) is 2.76. The fourth-order valence-corrected chi connectivity index (χ4v) is 1.87. The molecule has 0 aromatic heterocycles. The molecule has 1 aromatic carbocycles. The third-order valence-electron chi connectivity index (χ3n) is 2.76. The van der Waals surface area contributed by atoms with E-state index >= 15 is 0 Å². The number of hydrogen-bond donors (Lipinski definition) is 2. The van der Waals surface area contributed by atoms with Gasteiger partial charge in [0.15, 0.2) is 0 Å². The second-order valence-corrected chi connectivity index (χ2v) is 3.92. The molecule has 2 N–H and O–H groups in total. The molecule has 2 rings (SSSR count). The maximum atomic E-state index is 11.8. The molecule has 0 radical (unpaired) electrons. The quantitative estimate of drug-likeness (QED) is 0.760. The molecule has 0 aliphatic carbocycles. The zero-order chi connectivity index (χ0) is 12.4. The Labute approximate surface area is 99.2 Å². The number of carbonyl (C=O) groups excluding carboxylic acids is 2. The van der Waals surface area contributed by atoms with Crippen molar-refractivity contribution < 1.29 is 14.3 Å². The van der Waals surface area contributed by atoms with E-state index in [0.29, 0.717) is 0 Å². The van der Waals surface area contributed by atoms with Gasteiger partial charge >= 0.3 is 5.97 Å². The van der Waals surface area contributed by atoms with Crippen LogP contribution in [-0.4, -0.2) is 25.0 Å². The average Bonchev–Trinajstić information content (AvgIpc) is 2.65. The minimum Gasteiger partial charge on any atom is -0.468 e. The third kappa shape index (κ3) is 2.14. The van der Waals surface area contributed by atoms with Crippen molar-refractivity contribution >= 4 is 17.6 Å². The van der Waals surface area contributed by atoms with Gasteiger partial charge < -0.3 is 10.1 Å². The molecule has 1 amide bonds. The van der Waals surface area contributed by atoms with Crippen LogP contribution in [-0.2, 0) is 14.3 Å². The fourth-order valence-electron chi connectivity index (χ4n) is 1.87. The van der Waals surface area contributed by atoms with Crippen LogP contribution in [0.15, 0.2) is 24.3 Å². The van der Waals surface area contributed by atoms with Gasteiger partial charge in [-0.3, -0.25) is 14.9 Å². The summed E-state index contributed by atoms with van der Waals surface area (Å²) in [5, 5.41) is 5.71. The molecule has 0 saturated carbocycles. The summed E-state index contributed by atoms with van der Waals surface area (Å²) in [7, 11) is 1.32. The van der Waals surface area contributed by atoms with Crippen LogP contribution in [0.4, 0.5) is 5.69 Å². The topological polar surface area (TPSA) is 67.4 Å². The van der Waals surface area contributed by atoms with Gasteiger partial charge in [-0.15, -0.1) is 0 Å². The second-order valence-electron chi connectivity index (χ2n) is 3.92. The summed E-state index contributed by atoms with van der Waals surface area (Å²) < 4.78 is 4.61. The summed E-state index contributed by atoms with van der Waals surface area (Å²) in [4.78, 5) is 23.1. The predicted molar refractivity (Wildman–Crippen MR) is 62.4 cm³/mol. The van der Waals surface area contributed by atoms with E-state index in [9.17, 15) is 9.59 Å². The molecule has 1 aromatic rings. The first-order valence-corrected chi connectivity index (χ1v) is 5.37. The average molecular weight is 234 g/mol. The van der Waals surface area contributed by atoms with Gasteiger partial charge in [0.1, 0.15) is 12.1 Å². The standard InChI is InChI=1S/C12H14N2O3/c1-7(12(16)17-2)13-10-8-5-3-4-6-9(8)14-11(10)15/h3-7,10,13H,1-2H3,(H,14,15)/t7-,10?/m0/s1. The van der Waals surface area contributed by atoms with Crippen molar-refractivity contribution in [3.8, 4) is 0 Å². The number of fused-ring (bicyclic) bond motifs is 1. The zero-order valence-corrected chi connectivity index (χ0v) is 9.69. The number of methoxy groups -OCH3 is 1. The minimum absolute atomic E-state index is 0.151. The molecule has 2 atom stereocenters. The molecule has 0 spiro atoms. The normalized spacial score (nSPS) is 19.4. The number of amides is 1. The van der Waals surface area contributed by atoms with Gasteiger partial charge in [-0.25, -0.2) is 0 Å². The van der Waals surface area contributed by atoms with Crippen LogP contribution in [0.5, 0.6) is 0 Å². The van der Waals surface area contributed by atoms with E-state index < -0.39 is 12.1 Å². The molecule has 0 fully saturated rings. The zero-order valence-electron chi connectivity index (χ0n) is 9.69. The Morgan fingerprint density at radius 2 is 2.18 bits per heavy atom. The maximum absolute atomic E-state index is 11.8. The van der Waals surface area contributed by atoms with Crippen molar-refractivity contribution in [1.29, 1.82) is 0 Å². The molecule has 17 heavy (non-hydrogen) atoms. The molecule has 5 nitrogen and oxygen atoms in total. The van der Waals surface area contributed by atoms with Gasteiger partial charge in [0.25, 0.3) is 0 Å². The first-order valence-electron chi connectivity index (χ1n) is 5.37. The van der Waals surface area contributed by atoms with E-state index in [4.69, 9.17) is 0 Å². The Morgan fingerprint density at radius 3 is 2.88 bits per heavy atom. The van der Waals surface area contributed by atoms with Crippen molar-refractivity contribution in [2.75, 3.05) is 12.4 Å². The second kappa shape index (κ2) is 4.55. The number of nitrogens with one attached hydrogen (secondary N) is 2. The summed E-state index contributed by atoms with van der Waals surface area (Å²) in [6.45, 7) is 1.67. The van der Waals surface area contributed by atoms with Gasteiger partial charge in [0.05, 0.1) is 7.11 Å². The Balaban J connectivity index is 2.17. The molecular weight excluding hydrogens is 220 g/mol. The summed E-state index contributed by atoms with van der Waals surface area (Å²) in [5.41, 5.74) is 1.64. The molecule has 1 heterocycles. The van der Waals surface area contributed by atoms with Crippen LogP contribution in [0.25, 0.3) is 0 Å². The smallest absolute Gasteiger partial charge is 0.322 e. The highest BCUT2D eigenvalue weighted by atomic mass is 16.5. The lowest BCUT2D eigenvalue weighted by atomic mass is 10.1. The highest BCUT2D eigenvalue weighted by Gasteiger charge is 2.32. The van der Waals surface area contributed by atoms with Crippen LogP contribution < -0.4 is 10.6 Å². The number of benzene rings is 1. The summed E-state index contributed by atoms with van der Waals surface area (Å²) in [5.74, 6) is -0.538. The number of esters is 1. The first-order chi connectivity index (χ1) is 8.13. The van der Waals surface area contributed by atoms with Crippen molar-refractivity contribution in [3.63, 3.8) is 0 Å². The van der Waals surface area contributed by atoms with E-state index in [1.807, 2.05) is 24.3 Å². The van der Waals surface area contributed by atoms with Crippen molar-refractivity contribution in [3.05, 3.63) is 29.8 Å². The van der Waals surface area contributed by atoms with E-state index in [1.54, 1.807) is 6.92 Å². The molecule has 5 heteroatoms. The molecule has 1 unspecified atom stereocenters. The molecule has 0 bridgehead atoms. The van der Waals surface area contributed by atoms with Crippen LogP contribution in [0.1, 0.15) is 18.5 Å². The van der Waals surface area contributed by atoms with Gasteiger partial charge in [-0.05, 0) is 13.0 Å². The first kappa shape index (κ1) is 11.6. The Morgan fingerprint density at radius 1 is 1.47 bits per heavy atom. The fraction of sp³-hybridized carbons (Fsp3) is 0.333. The lowest BCUT2D eigenvalue weighted by Crippen LogP contribution is -2.40. The summed E-state index contributed by atoms with van der Waals surface area (Å²) in [6.07, 6.45) is 0. The number of hydrogen-bond acceptors (Lipinski definition) is 4. The number of carbonyl (C=O) groups is 2. The van der Waals surface area contributed by atoms with Gasteiger partial charge in [0, 0.05) is 11.3 Å². The Hall–Kier alpha value is -1.88. The van der Waals surface area contributed by atoms with Crippen LogP contribution in [0.3, 0.4) is 0 Å². The lowest BCUT2D eigenvalue weighted by molar-refractivity contribution is -0.142. The van der Waals surface area contributed by atoms with Crippen LogP contribution in [0.2, 0.25) is 0 Å². The number of ether oxygens (including phenoxy) is 1. The molecule has 1 aliphatic rings. The number of anilines is 1.